The quantitative estimate of drug-likeness (QED) is 0.888. The van der Waals surface area contributed by atoms with Crippen molar-refractivity contribution in [2.45, 2.75) is 32.4 Å². The van der Waals surface area contributed by atoms with E-state index >= 15 is 0 Å². The predicted octanol–water partition coefficient (Wildman–Crippen LogP) is 4.57. The van der Waals surface area contributed by atoms with Gasteiger partial charge in [0.15, 0.2) is 0 Å². The average Bonchev–Trinajstić information content (AvgIpc) is 2.58. The minimum absolute atomic E-state index is 0.501. The first-order chi connectivity index (χ1) is 10.7. The van der Waals surface area contributed by atoms with Crippen LogP contribution < -0.4 is 5.32 Å². The lowest BCUT2D eigenvalue weighted by atomic mass is 9.91. The molecule has 116 valence electrons. The van der Waals surface area contributed by atoms with Crippen molar-refractivity contribution in [2.75, 3.05) is 18.4 Å². The Bertz CT molecular complexity index is 567. The van der Waals surface area contributed by atoms with Crippen molar-refractivity contribution in [3.05, 3.63) is 66.2 Å². The van der Waals surface area contributed by atoms with Crippen molar-refractivity contribution >= 4 is 5.69 Å². The number of nitrogens with zero attached hydrogens (tertiary/aromatic N) is 1. The van der Waals surface area contributed by atoms with E-state index in [0.29, 0.717) is 18.0 Å². The Labute approximate surface area is 134 Å². The van der Waals surface area contributed by atoms with E-state index in [4.69, 9.17) is 0 Å². The largest absolute Gasteiger partial charge is 0.382 e. The standard InChI is InChI=1S/C20H26N2/c1-16-15-22(17(2)18-9-5-3-6-10-18)14-13-20(16)21-19-11-7-4-8-12-19/h3-12,16-17,20-21H,13-15H2,1-2H3. The van der Waals surface area contributed by atoms with Gasteiger partial charge in [-0.3, -0.25) is 4.90 Å². The number of hydrogen-bond donors (Lipinski definition) is 1. The molecule has 1 fully saturated rings. The fraction of sp³-hybridized carbons (Fsp3) is 0.400. The fourth-order valence-corrected chi connectivity index (χ4v) is 3.43. The van der Waals surface area contributed by atoms with E-state index in [0.717, 1.165) is 13.1 Å². The van der Waals surface area contributed by atoms with Crippen molar-refractivity contribution in [3.8, 4) is 0 Å². The molecule has 0 radical (unpaired) electrons. The molecule has 0 aromatic heterocycles. The summed E-state index contributed by atoms with van der Waals surface area (Å²) < 4.78 is 0. The second kappa shape index (κ2) is 6.97. The van der Waals surface area contributed by atoms with Crippen LogP contribution in [0.5, 0.6) is 0 Å². The zero-order chi connectivity index (χ0) is 15.4. The van der Waals surface area contributed by atoms with Crippen LogP contribution in [-0.4, -0.2) is 24.0 Å². The van der Waals surface area contributed by atoms with Gasteiger partial charge in [0, 0.05) is 30.9 Å². The van der Waals surface area contributed by atoms with Gasteiger partial charge in [0.25, 0.3) is 0 Å². The van der Waals surface area contributed by atoms with Crippen LogP contribution in [0.1, 0.15) is 31.9 Å². The molecule has 1 saturated heterocycles. The second-order valence-corrected chi connectivity index (χ2v) is 6.46. The highest BCUT2D eigenvalue weighted by Gasteiger charge is 2.28. The summed E-state index contributed by atoms with van der Waals surface area (Å²) in [5.41, 5.74) is 2.66. The van der Waals surface area contributed by atoms with Crippen molar-refractivity contribution < 1.29 is 0 Å². The Morgan fingerprint density at radius 3 is 2.27 bits per heavy atom. The minimum atomic E-state index is 0.501. The number of nitrogens with one attached hydrogen (secondary N) is 1. The number of anilines is 1. The maximum absolute atomic E-state index is 3.70. The Hall–Kier alpha value is -1.80. The molecule has 2 heteroatoms. The molecule has 0 amide bonds. The molecule has 22 heavy (non-hydrogen) atoms. The van der Waals surface area contributed by atoms with Gasteiger partial charge in [-0.05, 0) is 37.0 Å². The van der Waals surface area contributed by atoms with Crippen molar-refractivity contribution in [1.82, 2.24) is 4.90 Å². The van der Waals surface area contributed by atoms with Crippen LogP contribution in [0.25, 0.3) is 0 Å². The molecule has 3 rings (SSSR count). The zero-order valence-electron chi connectivity index (χ0n) is 13.6. The van der Waals surface area contributed by atoms with Gasteiger partial charge < -0.3 is 5.32 Å². The third-order valence-corrected chi connectivity index (χ3v) is 4.89. The molecule has 0 aliphatic carbocycles. The molecule has 3 unspecified atom stereocenters. The molecule has 1 aliphatic rings. The molecule has 3 atom stereocenters. The first-order valence-corrected chi connectivity index (χ1v) is 8.34. The molecule has 2 aromatic rings. The molecule has 0 bridgehead atoms. The monoisotopic (exact) mass is 294 g/mol. The average molecular weight is 294 g/mol. The Kier molecular flexibility index (Phi) is 4.79. The van der Waals surface area contributed by atoms with Gasteiger partial charge in [0.05, 0.1) is 0 Å². The number of para-hydroxylation sites is 1. The van der Waals surface area contributed by atoms with Gasteiger partial charge in [-0.25, -0.2) is 0 Å². The normalized spacial score (nSPS) is 23.9. The molecule has 2 nitrogen and oxygen atoms in total. The minimum Gasteiger partial charge on any atom is -0.382 e. The Morgan fingerprint density at radius 2 is 1.64 bits per heavy atom. The lowest BCUT2D eigenvalue weighted by Gasteiger charge is -2.40. The second-order valence-electron chi connectivity index (χ2n) is 6.46. The van der Waals surface area contributed by atoms with Crippen LogP contribution in [-0.2, 0) is 0 Å². The number of benzene rings is 2. The summed E-state index contributed by atoms with van der Waals surface area (Å²) in [4.78, 5) is 2.61. The SMILES string of the molecule is CC1CN(C(C)c2ccccc2)CCC1Nc1ccccc1. The van der Waals surface area contributed by atoms with Gasteiger partial charge in [0.2, 0.25) is 0 Å². The van der Waals surface area contributed by atoms with Crippen LogP contribution in [0.2, 0.25) is 0 Å². The van der Waals surface area contributed by atoms with Crippen LogP contribution in [0.4, 0.5) is 5.69 Å². The van der Waals surface area contributed by atoms with Gasteiger partial charge in [-0.1, -0.05) is 55.5 Å². The molecule has 1 heterocycles. The fourth-order valence-electron chi connectivity index (χ4n) is 3.43. The number of likely N-dealkylation sites (tertiary alicyclic amines) is 1. The van der Waals surface area contributed by atoms with Gasteiger partial charge in [-0.2, -0.15) is 0 Å². The summed E-state index contributed by atoms with van der Waals surface area (Å²) in [5, 5.41) is 3.70. The Balaban J connectivity index is 1.60. The highest BCUT2D eigenvalue weighted by molar-refractivity contribution is 5.43. The number of rotatable bonds is 4. The van der Waals surface area contributed by atoms with E-state index in [2.05, 4.69) is 84.7 Å². The van der Waals surface area contributed by atoms with E-state index in [9.17, 15) is 0 Å². The molecule has 1 aliphatic heterocycles. The van der Waals surface area contributed by atoms with Gasteiger partial charge >= 0.3 is 0 Å². The van der Waals surface area contributed by atoms with E-state index in [1.54, 1.807) is 0 Å². The summed E-state index contributed by atoms with van der Waals surface area (Å²) in [6.07, 6.45) is 1.20. The third-order valence-electron chi connectivity index (χ3n) is 4.89. The first-order valence-electron chi connectivity index (χ1n) is 8.34. The highest BCUT2D eigenvalue weighted by Crippen LogP contribution is 2.28. The predicted molar refractivity (Wildman–Crippen MR) is 94.1 cm³/mol. The first kappa shape index (κ1) is 15.1. The van der Waals surface area contributed by atoms with E-state index in [-0.39, 0.29) is 0 Å². The number of hydrogen-bond acceptors (Lipinski definition) is 2. The molecular formula is C20H26N2. The zero-order valence-corrected chi connectivity index (χ0v) is 13.6. The van der Waals surface area contributed by atoms with Crippen LogP contribution in [0.15, 0.2) is 60.7 Å². The molecule has 2 aromatic carbocycles. The smallest absolute Gasteiger partial charge is 0.0342 e. The van der Waals surface area contributed by atoms with Crippen LogP contribution >= 0.6 is 0 Å². The molecule has 0 spiro atoms. The lowest BCUT2D eigenvalue weighted by Crippen LogP contribution is -2.46. The topological polar surface area (TPSA) is 15.3 Å². The van der Waals surface area contributed by atoms with Crippen LogP contribution in [0.3, 0.4) is 0 Å². The third kappa shape index (κ3) is 3.50. The highest BCUT2D eigenvalue weighted by atomic mass is 15.2. The van der Waals surface area contributed by atoms with E-state index < -0.39 is 0 Å². The van der Waals surface area contributed by atoms with E-state index in [1.807, 2.05) is 0 Å². The number of piperidine rings is 1. The van der Waals surface area contributed by atoms with Crippen molar-refractivity contribution in [1.29, 1.82) is 0 Å². The van der Waals surface area contributed by atoms with Crippen molar-refractivity contribution in [2.24, 2.45) is 5.92 Å². The summed E-state index contributed by atoms with van der Waals surface area (Å²) in [6.45, 7) is 7.00. The molecule has 0 saturated carbocycles. The van der Waals surface area contributed by atoms with Gasteiger partial charge in [0.1, 0.15) is 0 Å². The summed E-state index contributed by atoms with van der Waals surface area (Å²) >= 11 is 0. The summed E-state index contributed by atoms with van der Waals surface area (Å²) in [6, 6.07) is 22.5. The molecule has 1 N–H and O–H groups in total. The maximum Gasteiger partial charge on any atom is 0.0342 e. The summed E-state index contributed by atoms with van der Waals surface area (Å²) in [5.74, 6) is 0.653. The maximum atomic E-state index is 3.70. The summed E-state index contributed by atoms with van der Waals surface area (Å²) in [7, 11) is 0. The molecular weight excluding hydrogens is 268 g/mol. The van der Waals surface area contributed by atoms with Gasteiger partial charge in [-0.15, -0.1) is 0 Å². The Morgan fingerprint density at radius 1 is 1.00 bits per heavy atom. The van der Waals surface area contributed by atoms with E-state index in [1.165, 1.54) is 17.7 Å². The van der Waals surface area contributed by atoms with Crippen LogP contribution in [0, 0.1) is 5.92 Å². The lowest BCUT2D eigenvalue weighted by molar-refractivity contribution is 0.129. The van der Waals surface area contributed by atoms with Crippen molar-refractivity contribution in [3.63, 3.8) is 0 Å².